The van der Waals surface area contributed by atoms with Gasteiger partial charge in [-0.2, -0.15) is 17.5 Å². The maximum absolute atomic E-state index is 13.1. The van der Waals surface area contributed by atoms with Crippen molar-refractivity contribution in [1.82, 2.24) is 4.31 Å². The van der Waals surface area contributed by atoms with E-state index in [2.05, 4.69) is 15.9 Å². The number of halogens is 5. The van der Waals surface area contributed by atoms with Crippen molar-refractivity contribution in [3.63, 3.8) is 0 Å². The summed E-state index contributed by atoms with van der Waals surface area (Å²) in [5.41, 5.74) is 4.74. The molecule has 0 saturated carbocycles. The molecule has 0 bridgehead atoms. The van der Waals surface area contributed by atoms with Gasteiger partial charge in [-0.25, -0.2) is 12.8 Å². The van der Waals surface area contributed by atoms with Crippen molar-refractivity contribution in [2.75, 3.05) is 19.3 Å². The Morgan fingerprint density at radius 2 is 1.89 bits per heavy atom. The molecule has 4 nitrogen and oxygen atoms in total. The third-order valence-electron chi connectivity index (χ3n) is 2.14. The van der Waals surface area contributed by atoms with Crippen LogP contribution in [0.1, 0.15) is 0 Å². The first-order valence-corrected chi connectivity index (χ1v) is 6.96. The van der Waals surface area contributed by atoms with Crippen molar-refractivity contribution in [1.29, 1.82) is 0 Å². The van der Waals surface area contributed by atoms with Crippen molar-refractivity contribution in [3.05, 3.63) is 22.4 Å². The molecular weight excluding hydrogens is 356 g/mol. The standard InChI is InChI=1S/C9H9BrF4N2O2S/c1-16(4-9(12,13)14)19(17,18)8-3-7(15)6(11)2-5(8)10/h2-3H,4,15H2,1H3. The van der Waals surface area contributed by atoms with E-state index in [1.165, 1.54) is 0 Å². The third-order valence-corrected chi connectivity index (χ3v) is 4.90. The minimum absolute atomic E-state index is 0.116. The SMILES string of the molecule is CN(CC(F)(F)F)S(=O)(=O)c1cc(N)c(F)cc1Br. The van der Waals surface area contributed by atoms with Crippen LogP contribution in [0.25, 0.3) is 0 Å². The monoisotopic (exact) mass is 364 g/mol. The summed E-state index contributed by atoms with van der Waals surface area (Å²) in [6, 6.07) is 1.55. The van der Waals surface area contributed by atoms with E-state index in [0.29, 0.717) is 0 Å². The van der Waals surface area contributed by atoms with Gasteiger partial charge in [-0.1, -0.05) is 0 Å². The van der Waals surface area contributed by atoms with E-state index in [0.717, 1.165) is 19.2 Å². The number of benzene rings is 1. The molecule has 0 aromatic heterocycles. The molecule has 19 heavy (non-hydrogen) atoms. The summed E-state index contributed by atoms with van der Waals surface area (Å²) >= 11 is 2.78. The van der Waals surface area contributed by atoms with Gasteiger partial charge in [0.05, 0.1) is 10.6 Å². The lowest BCUT2D eigenvalue weighted by Gasteiger charge is -2.19. The molecule has 2 N–H and O–H groups in total. The molecule has 0 aliphatic rings. The average molecular weight is 365 g/mol. The molecule has 0 spiro atoms. The van der Waals surface area contributed by atoms with Gasteiger partial charge in [-0.05, 0) is 28.1 Å². The Kier molecular flexibility index (Phi) is 4.47. The van der Waals surface area contributed by atoms with E-state index in [-0.39, 0.29) is 8.78 Å². The molecule has 0 heterocycles. The van der Waals surface area contributed by atoms with Crippen LogP contribution in [0.3, 0.4) is 0 Å². The first-order chi connectivity index (χ1) is 8.45. The fraction of sp³-hybridized carbons (Fsp3) is 0.333. The highest BCUT2D eigenvalue weighted by molar-refractivity contribution is 9.10. The fourth-order valence-corrected chi connectivity index (χ4v) is 3.41. The zero-order valence-electron chi connectivity index (χ0n) is 9.50. The summed E-state index contributed by atoms with van der Waals surface area (Å²) < 4.78 is 73.4. The molecule has 0 radical (unpaired) electrons. The van der Waals surface area contributed by atoms with E-state index in [1.54, 1.807) is 0 Å². The highest BCUT2D eigenvalue weighted by Crippen LogP contribution is 2.30. The number of rotatable bonds is 3. The lowest BCUT2D eigenvalue weighted by atomic mass is 10.3. The fourth-order valence-electron chi connectivity index (χ4n) is 1.25. The summed E-state index contributed by atoms with van der Waals surface area (Å²) in [6.07, 6.45) is -4.68. The van der Waals surface area contributed by atoms with Crippen LogP contribution in [0.5, 0.6) is 0 Å². The predicted molar refractivity (Wildman–Crippen MR) is 64.4 cm³/mol. The van der Waals surface area contributed by atoms with Gasteiger partial charge in [0.2, 0.25) is 10.0 Å². The lowest BCUT2D eigenvalue weighted by molar-refractivity contribution is -0.134. The van der Waals surface area contributed by atoms with Crippen LogP contribution in [0.2, 0.25) is 0 Å². The zero-order chi connectivity index (χ0) is 15.0. The van der Waals surface area contributed by atoms with Gasteiger partial charge >= 0.3 is 6.18 Å². The first-order valence-electron chi connectivity index (χ1n) is 4.73. The van der Waals surface area contributed by atoms with E-state index < -0.39 is 39.1 Å². The molecule has 1 aromatic rings. The van der Waals surface area contributed by atoms with E-state index in [9.17, 15) is 26.0 Å². The number of alkyl halides is 3. The number of hydrogen-bond acceptors (Lipinski definition) is 3. The quantitative estimate of drug-likeness (QED) is 0.661. The molecule has 0 saturated heterocycles. The Morgan fingerprint density at radius 3 is 2.37 bits per heavy atom. The molecule has 1 aromatic carbocycles. The number of nitrogens with zero attached hydrogens (tertiary/aromatic N) is 1. The number of anilines is 1. The summed E-state index contributed by atoms with van der Waals surface area (Å²) in [7, 11) is -3.65. The topological polar surface area (TPSA) is 63.4 Å². The van der Waals surface area contributed by atoms with Crippen LogP contribution in [0.15, 0.2) is 21.5 Å². The van der Waals surface area contributed by atoms with Crippen molar-refractivity contribution in [3.8, 4) is 0 Å². The van der Waals surface area contributed by atoms with Crippen molar-refractivity contribution in [2.24, 2.45) is 0 Å². The molecule has 10 heteroatoms. The van der Waals surface area contributed by atoms with Crippen molar-refractivity contribution >= 4 is 31.6 Å². The van der Waals surface area contributed by atoms with E-state index >= 15 is 0 Å². The Balaban J connectivity index is 3.25. The van der Waals surface area contributed by atoms with Gasteiger partial charge in [0.15, 0.2) is 0 Å². The summed E-state index contributed by atoms with van der Waals surface area (Å²) in [5, 5.41) is 0. The molecule has 0 aliphatic heterocycles. The Hall–Kier alpha value is -0.870. The third kappa shape index (κ3) is 3.80. The van der Waals surface area contributed by atoms with Crippen LogP contribution < -0.4 is 5.73 Å². The number of sulfonamides is 1. The van der Waals surface area contributed by atoms with Gasteiger partial charge in [-0.15, -0.1) is 0 Å². The van der Waals surface area contributed by atoms with Gasteiger partial charge in [-0.3, -0.25) is 0 Å². The maximum Gasteiger partial charge on any atom is 0.402 e. The minimum Gasteiger partial charge on any atom is -0.396 e. The minimum atomic E-state index is -4.68. The van der Waals surface area contributed by atoms with Crippen LogP contribution in [0.4, 0.5) is 23.2 Å². The van der Waals surface area contributed by atoms with Crippen LogP contribution in [-0.4, -0.2) is 32.5 Å². The molecule has 0 fully saturated rings. The Labute approximate surface area is 115 Å². The molecule has 0 atom stereocenters. The summed E-state index contributed by atoms with van der Waals surface area (Å²) in [4.78, 5) is -0.529. The molecule has 0 aliphatic carbocycles. The zero-order valence-corrected chi connectivity index (χ0v) is 11.9. The normalized spacial score (nSPS) is 13.0. The Bertz CT molecular complexity index is 589. The molecule has 108 valence electrons. The largest absolute Gasteiger partial charge is 0.402 e. The second kappa shape index (κ2) is 5.25. The first kappa shape index (κ1) is 16.2. The predicted octanol–water partition coefficient (Wildman–Crippen LogP) is 2.35. The van der Waals surface area contributed by atoms with Crippen LogP contribution in [0, 0.1) is 5.82 Å². The van der Waals surface area contributed by atoms with Gasteiger partial charge in [0.25, 0.3) is 0 Å². The van der Waals surface area contributed by atoms with Gasteiger partial charge in [0, 0.05) is 11.5 Å². The molecule has 0 amide bonds. The van der Waals surface area contributed by atoms with Gasteiger partial charge < -0.3 is 5.73 Å². The smallest absolute Gasteiger partial charge is 0.396 e. The van der Waals surface area contributed by atoms with Crippen molar-refractivity contribution in [2.45, 2.75) is 11.1 Å². The summed E-state index contributed by atoms with van der Waals surface area (Å²) in [5.74, 6) is -0.871. The number of nitrogen functional groups attached to an aromatic ring is 1. The average Bonchev–Trinajstić information content (AvgIpc) is 2.20. The maximum atomic E-state index is 13.1. The van der Waals surface area contributed by atoms with E-state index in [1.807, 2.05) is 0 Å². The molecule has 1 rings (SSSR count). The van der Waals surface area contributed by atoms with Crippen LogP contribution >= 0.6 is 15.9 Å². The highest BCUT2D eigenvalue weighted by atomic mass is 79.9. The lowest BCUT2D eigenvalue weighted by Crippen LogP contribution is -2.36. The van der Waals surface area contributed by atoms with E-state index in [4.69, 9.17) is 5.73 Å². The summed E-state index contributed by atoms with van der Waals surface area (Å²) in [6.45, 7) is -1.65. The van der Waals surface area contributed by atoms with Gasteiger partial charge in [0.1, 0.15) is 12.4 Å². The highest BCUT2D eigenvalue weighted by Gasteiger charge is 2.35. The number of hydrogen-bond donors (Lipinski definition) is 1. The molecular formula is C9H9BrF4N2O2S. The number of nitrogens with two attached hydrogens (primary N) is 1. The second-order valence-electron chi connectivity index (χ2n) is 3.68. The Morgan fingerprint density at radius 1 is 1.37 bits per heavy atom. The van der Waals surface area contributed by atoms with Crippen LogP contribution in [-0.2, 0) is 10.0 Å². The van der Waals surface area contributed by atoms with Crippen molar-refractivity contribution < 1.29 is 26.0 Å². The second-order valence-corrected chi connectivity index (χ2v) is 6.55. The molecule has 0 unspecified atom stereocenters.